The van der Waals surface area contributed by atoms with Gasteiger partial charge in [-0.25, -0.2) is 0 Å². The minimum Gasteiger partial charge on any atom is -0.490 e. The van der Waals surface area contributed by atoms with Gasteiger partial charge in [0.05, 0.1) is 32.0 Å². The molecule has 6 nitrogen and oxygen atoms in total. The van der Waals surface area contributed by atoms with Gasteiger partial charge < -0.3 is 14.4 Å². The first-order chi connectivity index (χ1) is 15.8. The van der Waals surface area contributed by atoms with Crippen LogP contribution >= 0.6 is 0 Å². The molecule has 1 atom stereocenters. The van der Waals surface area contributed by atoms with Crippen LogP contribution in [0.25, 0.3) is 6.08 Å². The molecule has 3 aromatic rings. The Morgan fingerprint density at radius 3 is 2.78 bits per heavy atom. The first-order valence-corrected chi connectivity index (χ1v) is 11.2. The van der Waals surface area contributed by atoms with Gasteiger partial charge in [-0.3, -0.25) is 9.48 Å². The lowest BCUT2D eigenvalue weighted by Gasteiger charge is -2.24. The summed E-state index contributed by atoms with van der Waals surface area (Å²) < 4.78 is 13.5. The molecule has 1 fully saturated rings. The standard InChI is InChI=1S/C26H27N3O3/c30-26(12-9-21-17-27-28(19-21)18-20-6-2-1-3-7-20)29-13-4-8-23(29)22-10-11-24-25(16-22)32-15-5-14-31-24/h1-3,6-7,9-12,16-17,19,23H,4-5,8,13-15,18H2. The molecule has 5 rings (SSSR count). The van der Waals surface area contributed by atoms with Gasteiger partial charge in [-0.1, -0.05) is 36.4 Å². The van der Waals surface area contributed by atoms with E-state index in [0.717, 1.165) is 48.4 Å². The molecule has 6 heteroatoms. The molecule has 0 N–H and O–H groups in total. The van der Waals surface area contributed by atoms with Crippen LogP contribution in [-0.4, -0.2) is 40.3 Å². The molecule has 1 aromatic heterocycles. The van der Waals surface area contributed by atoms with Gasteiger partial charge in [0.1, 0.15) is 0 Å². The average molecular weight is 430 g/mol. The number of rotatable bonds is 5. The third-order valence-corrected chi connectivity index (χ3v) is 5.95. The van der Waals surface area contributed by atoms with Gasteiger partial charge in [0.15, 0.2) is 11.5 Å². The zero-order valence-corrected chi connectivity index (χ0v) is 18.0. The molecular weight excluding hydrogens is 402 g/mol. The van der Waals surface area contributed by atoms with Crippen LogP contribution < -0.4 is 9.47 Å². The van der Waals surface area contributed by atoms with Gasteiger partial charge >= 0.3 is 0 Å². The van der Waals surface area contributed by atoms with Gasteiger partial charge in [-0.15, -0.1) is 0 Å². The Hall–Kier alpha value is -3.54. The molecule has 1 saturated heterocycles. The number of benzene rings is 2. The Labute approximate surface area is 188 Å². The Balaban J connectivity index is 1.26. The highest BCUT2D eigenvalue weighted by molar-refractivity contribution is 5.92. The van der Waals surface area contributed by atoms with E-state index in [4.69, 9.17) is 9.47 Å². The van der Waals surface area contributed by atoms with Crippen LogP contribution in [0.2, 0.25) is 0 Å². The van der Waals surface area contributed by atoms with Crippen LogP contribution in [0, 0.1) is 0 Å². The van der Waals surface area contributed by atoms with Crippen LogP contribution in [0.4, 0.5) is 0 Å². The summed E-state index contributed by atoms with van der Waals surface area (Å²) >= 11 is 0. The summed E-state index contributed by atoms with van der Waals surface area (Å²) in [6.07, 6.45) is 10.1. The summed E-state index contributed by atoms with van der Waals surface area (Å²) in [7, 11) is 0. The van der Waals surface area contributed by atoms with Gasteiger partial charge in [0.2, 0.25) is 5.91 Å². The Kier molecular flexibility index (Phi) is 5.92. The fourth-order valence-electron chi connectivity index (χ4n) is 4.35. The molecule has 0 saturated carbocycles. The topological polar surface area (TPSA) is 56.6 Å². The third-order valence-electron chi connectivity index (χ3n) is 5.95. The number of ether oxygens (including phenoxy) is 2. The lowest BCUT2D eigenvalue weighted by molar-refractivity contribution is -0.126. The fraction of sp³-hybridized carbons (Fsp3) is 0.308. The molecular formula is C26H27N3O3. The number of nitrogens with zero attached hydrogens (tertiary/aromatic N) is 3. The maximum atomic E-state index is 13.0. The van der Waals surface area contributed by atoms with Gasteiger partial charge in [-0.05, 0) is 42.2 Å². The number of amides is 1. The van der Waals surface area contributed by atoms with E-state index >= 15 is 0 Å². The Morgan fingerprint density at radius 2 is 1.91 bits per heavy atom. The summed E-state index contributed by atoms with van der Waals surface area (Å²) in [5.41, 5.74) is 3.21. The molecule has 1 amide bonds. The van der Waals surface area contributed by atoms with Crippen LogP contribution in [0.5, 0.6) is 11.5 Å². The number of carbonyl (C=O) groups excluding carboxylic acids is 1. The van der Waals surface area contributed by atoms with Crippen LogP contribution in [0.1, 0.15) is 42.0 Å². The second-order valence-corrected chi connectivity index (χ2v) is 8.24. The van der Waals surface area contributed by atoms with Crippen molar-refractivity contribution >= 4 is 12.0 Å². The predicted molar refractivity (Wildman–Crippen MR) is 123 cm³/mol. The van der Waals surface area contributed by atoms with E-state index in [-0.39, 0.29) is 11.9 Å². The smallest absolute Gasteiger partial charge is 0.247 e. The summed E-state index contributed by atoms with van der Waals surface area (Å²) in [5.74, 6) is 1.59. The van der Waals surface area contributed by atoms with E-state index in [1.165, 1.54) is 5.56 Å². The molecule has 3 heterocycles. The van der Waals surface area contributed by atoms with Gasteiger partial charge in [0.25, 0.3) is 0 Å². The molecule has 0 spiro atoms. The number of likely N-dealkylation sites (tertiary alicyclic amines) is 1. The molecule has 0 radical (unpaired) electrons. The summed E-state index contributed by atoms with van der Waals surface area (Å²) in [5, 5.41) is 4.41. The van der Waals surface area contributed by atoms with Crippen molar-refractivity contribution in [1.29, 1.82) is 0 Å². The summed E-state index contributed by atoms with van der Waals surface area (Å²) in [4.78, 5) is 14.9. The molecule has 2 aromatic carbocycles. The number of fused-ring (bicyclic) bond motifs is 1. The average Bonchev–Trinajstić information content (AvgIpc) is 3.42. The Bertz CT molecular complexity index is 1110. The monoisotopic (exact) mass is 429 g/mol. The molecule has 0 aliphatic carbocycles. The first kappa shape index (κ1) is 20.4. The summed E-state index contributed by atoms with van der Waals surface area (Å²) in [6, 6.07) is 16.3. The van der Waals surface area contributed by atoms with Crippen LogP contribution in [0.15, 0.2) is 67.0 Å². The van der Waals surface area contributed by atoms with Crippen molar-refractivity contribution in [3.8, 4) is 11.5 Å². The quantitative estimate of drug-likeness (QED) is 0.562. The molecule has 164 valence electrons. The summed E-state index contributed by atoms with van der Waals surface area (Å²) in [6.45, 7) is 2.80. The first-order valence-electron chi connectivity index (χ1n) is 11.2. The Morgan fingerprint density at radius 1 is 1.06 bits per heavy atom. The molecule has 1 unspecified atom stereocenters. The van der Waals surface area contributed by atoms with E-state index in [0.29, 0.717) is 19.8 Å². The fourth-order valence-corrected chi connectivity index (χ4v) is 4.35. The predicted octanol–water partition coefficient (Wildman–Crippen LogP) is 4.47. The minimum atomic E-state index is 0.0235. The van der Waals surface area contributed by atoms with E-state index in [2.05, 4.69) is 23.3 Å². The molecule has 2 aliphatic rings. The highest BCUT2D eigenvalue weighted by atomic mass is 16.5. The second kappa shape index (κ2) is 9.30. The lowest BCUT2D eigenvalue weighted by Crippen LogP contribution is -2.28. The second-order valence-electron chi connectivity index (χ2n) is 8.24. The number of aromatic nitrogens is 2. The SMILES string of the molecule is O=C(C=Cc1cnn(Cc2ccccc2)c1)N1CCCC1c1ccc2c(c1)OCCCO2. The van der Waals surface area contributed by atoms with E-state index in [1.807, 2.05) is 52.2 Å². The molecule has 0 bridgehead atoms. The van der Waals surface area contributed by atoms with Crippen LogP contribution in [-0.2, 0) is 11.3 Å². The van der Waals surface area contributed by atoms with Crippen molar-refractivity contribution in [3.63, 3.8) is 0 Å². The number of hydrogen-bond donors (Lipinski definition) is 0. The minimum absolute atomic E-state index is 0.0235. The van der Waals surface area contributed by atoms with Crippen molar-refractivity contribution in [1.82, 2.24) is 14.7 Å². The zero-order valence-electron chi connectivity index (χ0n) is 18.0. The van der Waals surface area contributed by atoms with E-state index in [1.54, 1.807) is 12.3 Å². The van der Waals surface area contributed by atoms with Crippen molar-refractivity contribution < 1.29 is 14.3 Å². The maximum absolute atomic E-state index is 13.0. The van der Waals surface area contributed by atoms with E-state index in [9.17, 15) is 4.79 Å². The normalized spacial score (nSPS) is 18.1. The van der Waals surface area contributed by atoms with Gasteiger partial charge in [0, 0.05) is 30.8 Å². The zero-order chi connectivity index (χ0) is 21.8. The largest absolute Gasteiger partial charge is 0.490 e. The highest BCUT2D eigenvalue weighted by Gasteiger charge is 2.29. The molecule has 32 heavy (non-hydrogen) atoms. The number of hydrogen-bond acceptors (Lipinski definition) is 4. The maximum Gasteiger partial charge on any atom is 0.247 e. The van der Waals surface area contributed by atoms with Crippen molar-refractivity contribution in [2.24, 2.45) is 0 Å². The van der Waals surface area contributed by atoms with Crippen LogP contribution in [0.3, 0.4) is 0 Å². The highest BCUT2D eigenvalue weighted by Crippen LogP contribution is 2.38. The third kappa shape index (κ3) is 4.54. The van der Waals surface area contributed by atoms with Crippen molar-refractivity contribution in [2.45, 2.75) is 31.8 Å². The van der Waals surface area contributed by atoms with E-state index < -0.39 is 0 Å². The lowest BCUT2D eigenvalue weighted by atomic mass is 10.0. The van der Waals surface area contributed by atoms with Gasteiger partial charge in [-0.2, -0.15) is 5.10 Å². The number of carbonyl (C=O) groups is 1. The van der Waals surface area contributed by atoms with Crippen molar-refractivity contribution in [3.05, 3.63) is 83.7 Å². The molecule has 2 aliphatic heterocycles. The van der Waals surface area contributed by atoms with Crippen molar-refractivity contribution in [2.75, 3.05) is 19.8 Å².